The Balaban J connectivity index is 2.00. The maximum absolute atomic E-state index is 5.89. The highest BCUT2D eigenvalue weighted by molar-refractivity contribution is 4.88. The molecule has 2 N–H and O–H groups in total. The SMILES string of the molecule is CC1CCCC(CN)N1C1CCOCC1. The van der Waals surface area contributed by atoms with Crippen LogP contribution < -0.4 is 5.73 Å². The highest BCUT2D eigenvalue weighted by atomic mass is 16.5. The molecule has 2 aliphatic rings. The fourth-order valence-corrected chi connectivity index (χ4v) is 3.19. The predicted molar refractivity (Wildman–Crippen MR) is 61.8 cm³/mol. The highest BCUT2D eigenvalue weighted by Gasteiger charge is 2.33. The van der Waals surface area contributed by atoms with Gasteiger partial charge in [0.15, 0.2) is 0 Å². The van der Waals surface area contributed by atoms with E-state index in [-0.39, 0.29) is 0 Å². The van der Waals surface area contributed by atoms with E-state index in [9.17, 15) is 0 Å². The second-order valence-corrected chi connectivity index (χ2v) is 4.96. The van der Waals surface area contributed by atoms with Gasteiger partial charge in [0.2, 0.25) is 0 Å². The molecule has 88 valence electrons. The van der Waals surface area contributed by atoms with Crippen molar-refractivity contribution in [3.8, 4) is 0 Å². The molecule has 2 saturated heterocycles. The molecule has 2 unspecified atom stereocenters. The Morgan fingerprint density at radius 1 is 1.20 bits per heavy atom. The van der Waals surface area contributed by atoms with Gasteiger partial charge in [-0.2, -0.15) is 0 Å². The summed E-state index contributed by atoms with van der Waals surface area (Å²) in [6, 6.07) is 2.06. The quantitative estimate of drug-likeness (QED) is 0.751. The molecule has 15 heavy (non-hydrogen) atoms. The first-order valence-electron chi connectivity index (χ1n) is 6.38. The minimum Gasteiger partial charge on any atom is -0.381 e. The van der Waals surface area contributed by atoms with Crippen molar-refractivity contribution in [3.63, 3.8) is 0 Å². The number of hydrogen-bond acceptors (Lipinski definition) is 3. The van der Waals surface area contributed by atoms with Gasteiger partial charge in [-0.05, 0) is 32.6 Å². The molecule has 0 saturated carbocycles. The number of piperidine rings is 1. The van der Waals surface area contributed by atoms with Crippen LogP contribution in [0.25, 0.3) is 0 Å². The summed E-state index contributed by atoms with van der Waals surface area (Å²) in [6.45, 7) is 5.05. The summed E-state index contributed by atoms with van der Waals surface area (Å²) in [5.41, 5.74) is 5.89. The molecule has 2 heterocycles. The number of rotatable bonds is 2. The molecular formula is C12H24N2O. The van der Waals surface area contributed by atoms with Gasteiger partial charge in [-0.3, -0.25) is 4.90 Å². The lowest BCUT2D eigenvalue weighted by atomic mass is 9.92. The topological polar surface area (TPSA) is 38.5 Å². The summed E-state index contributed by atoms with van der Waals surface area (Å²) in [5, 5.41) is 0. The molecule has 3 nitrogen and oxygen atoms in total. The predicted octanol–water partition coefficient (Wildman–Crippen LogP) is 1.37. The van der Waals surface area contributed by atoms with E-state index >= 15 is 0 Å². The molecular weight excluding hydrogens is 188 g/mol. The standard InChI is InChI=1S/C12H24N2O/c1-10-3-2-4-12(9-13)14(10)11-5-7-15-8-6-11/h10-12H,2-9,13H2,1H3. The van der Waals surface area contributed by atoms with Crippen molar-refractivity contribution < 1.29 is 4.74 Å². The average molecular weight is 212 g/mol. The second kappa shape index (κ2) is 5.28. The molecule has 0 amide bonds. The summed E-state index contributed by atoms with van der Waals surface area (Å²) in [6.07, 6.45) is 6.37. The maximum atomic E-state index is 5.89. The van der Waals surface area contributed by atoms with Gasteiger partial charge in [0.1, 0.15) is 0 Å². The molecule has 0 spiro atoms. The highest BCUT2D eigenvalue weighted by Crippen LogP contribution is 2.28. The van der Waals surface area contributed by atoms with E-state index in [1.54, 1.807) is 0 Å². The van der Waals surface area contributed by atoms with Gasteiger partial charge in [0, 0.05) is 37.9 Å². The van der Waals surface area contributed by atoms with Crippen molar-refractivity contribution in [3.05, 3.63) is 0 Å². The molecule has 0 aliphatic carbocycles. The zero-order valence-corrected chi connectivity index (χ0v) is 9.82. The molecule has 2 rings (SSSR count). The largest absolute Gasteiger partial charge is 0.381 e. The summed E-state index contributed by atoms with van der Waals surface area (Å²) in [4.78, 5) is 2.69. The Morgan fingerprint density at radius 3 is 2.60 bits per heavy atom. The third-order valence-electron chi connectivity index (χ3n) is 3.97. The molecule has 0 bridgehead atoms. The Hall–Kier alpha value is -0.120. The monoisotopic (exact) mass is 212 g/mol. The van der Waals surface area contributed by atoms with Crippen molar-refractivity contribution in [2.24, 2.45) is 5.73 Å². The molecule has 0 aromatic rings. The van der Waals surface area contributed by atoms with Crippen molar-refractivity contribution in [1.82, 2.24) is 4.90 Å². The van der Waals surface area contributed by atoms with Crippen molar-refractivity contribution in [2.45, 2.75) is 57.2 Å². The third-order valence-corrected chi connectivity index (χ3v) is 3.97. The first-order valence-corrected chi connectivity index (χ1v) is 6.38. The normalized spacial score (nSPS) is 35.6. The molecule has 0 aromatic carbocycles. The van der Waals surface area contributed by atoms with Crippen LogP contribution in [0, 0.1) is 0 Å². The first-order chi connectivity index (χ1) is 7.33. The van der Waals surface area contributed by atoms with E-state index in [1.165, 1.54) is 32.1 Å². The third kappa shape index (κ3) is 2.52. The lowest BCUT2D eigenvalue weighted by Gasteiger charge is -2.46. The van der Waals surface area contributed by atoms with Crippen molar-refractivity contribution >= 4 is 0 Å². The molecule has 2 aliphatic heterocycles. The van der Waals surface area contributed by atoms with Crippen LogP contribution in [0.4, 0.5) is 0 Å². The van der Waals surface area contributed by atoms with Crippen molar-refractivity contribution in [1.29, 1.82) is 0 Å². The fraction of sp³-hybridized carbons (Fsp3) is 1.00. The van der Waals surface area contributed by atoms with Crippen LogP contribution in [-0.4, -0.2) is 42.8 Å². The van der Waals surface area contributed by atoms with Gasteiger partial charge >= 0.3 is 0 Å². The van der Waals surface area contributed by atoms with Crippen LogP contribution in [-0.2, 0) is 4.74 Å². The number of nitrogens with two attached hydrogens (primary N) is 1. The van der Waals surface area contributed by atoms with E-state index < -0.39 is 0 Å². The maximum Gasteiger partial charge on any atom is 0.0480 e. The van der Waals surface area contributed by atoms with Gasteiger partial charge in [-0.15, -0.1) is 0 Å². The molecule has 0 aromatic heterocycles. The zero-order valence-electron chi connectivity index (χ0n) is 9.82. The number of likely N-dealkylation sites (tertiary alicyclic amines) is 1. The van der Waals surface area contributed by atoms with Crippen LogP contribution in [0.3, 0.4) is 0 Å². The van der Waals surface area contributed by atoms with Crippen LogP contribution in [0.5, 0.6) is 0 Å². The minimum absolute atomic E-state index is 0.622. The molecule has 2 fully saturated rings. The van der Waals surface area contributed by atoms with Crippen molar-refractivity contribution in [2.75, 3.05) is 19.8 Å². The minimum atomic E-state index is 0.622. The van der Waals surface area contributed by atoms with E-state index in [4.69, 9.17) is 10.5 Å². The van der Waals surface area contributed by atoms with Crippen LogP contribution in [0.15, 0.2) is 0 Å². The Morgan fingerprint density at radius 2 is 1.93 bits per heavy atom. The average Bonchev–Trinajstić information content (AvgIpc) is 2.29. The summed E-state index contributed by atoms with van der Waals surface area (Å²) in [5.74, 6) is 0. The fourth-order valence-electron chi connectivity index (χ4n) is 3.19. The van der Waals surface area contributed by atoms with E-state index in [0.29, 0.717) is 6.04 Å². The number of hydrogen-bond donors (Lipinski definition) is 1. The van der Waals surface area contributed by atoms with Crippen LogP contribution in [0.2, 0.25) is 0 Å². The van der Waals surface area contributed by atoms with Crippen LogP contribution >= 0.6 is 0 Å². The molecule has 3 heteroatoms. The lowest BCUT2D eigenvalue weighted by Crippen LogP contribution is -2.55. The number of nitrogens with zero attached hydrogens (tertiary/aromatic N) is 1. The van der Waals surface area contributed by atoms with Crippen LogP contribution in [0.1, 0.15) is 39.0 Å². The molecule has 2 atom stereocenters. The molecule has 0 radical (unpaired) electrons. The first kappa shape index (κ1) is 11.4. The van der Waals surface area contributed by atoms with E-state index in [2.05, 4.69) is 11.8 Å². The lowest BCUT2D eigenvalue weighted by molar-refractivity contribution is -0.0162. The Labute approximate surface area is 93.0 Å². The smallest absolute Gasteiger partial charge is 0.0480 e. The summed E-state index contributed by atoms with van der Waals surface area (Å²) in [7, 11) is 0. The van der Waals surface area contributed by atoms with Gasteiger partial charge in [0.25, 0.3) is 0 Å². The summed E-state index contributed by atoms with van der Waals surface area (Å²) >= 11 is 0. The second-order valence-electron chi connectivity index (χ2n) is 4.96. The van der Waals surface area contributed by atoms with Gasteiger partial charge in [-0.1, -0.05) is 6.42 Å². The van der Waals surface area contributed by atoms with Gasteiger partial charge in [-0.25, -0.2) is 0 Å². The van der Waals surface area contributed by atoms with E-state index in [0.717, 1.165) is 31.8 Å². The summed E-state index contributed by atoms with van der Waals surface area (Å²) < 4.78 is 5.44. The van der Waals surface area contributed by atoms with Gasteiger partial charge < -0.3 is 10.5 Å². The number of ether oxygens (including phenoxy) is 1. The van der Waals surface area contributed by atoms with E-state index in [1.807, 2.05) is 0 Å². The van der Waals surface area contributed by atoms with Gasteiger partial charge in [0.05, 0.1) is 0 Å². The Bertz CT molecular complexity index is 192. The zero-order chi connectivity index (χ0) is 10.7. The Kier molecular flexibility index (Phi) is 4.00.